The molecule has 0 spiro atoms. The second kappa shape index (κ2) is 243. The second-order valence-corrected chi connectivity index (χ2v) is 0. The van der Waals surface area contributed by atoms with Gasteiger partial charge >= 0.3 is 48.9 Å². The van der Waals surface area contributed by atoms with Gasteiger partial charge in [-0.25, -0.2) is 0 Å². The van der Waals surface area contributed by atoms with E-state index in [2.05, 4.69) is 0 Å². The quantitative estimate of drug-likeness (QED) is 0.307. The molecule has 0 aliphatic rings. The van der Waals surface area contributed by atoms with Gasteiger partial charge in [-0.3, -0.25) is 18.8 Å². The average Bonchev–Trinajstić information content (AvgIpc) is 0. The van der Waals surface area contributed by atoms with Gasteiger partial charge in [0, 0.05) is 0 Å². The van der Waals surface area contributed by atoms with E-state index in [4.69, 9.17) is 0 Å². The second-order valence-electron chi connectivity index (χ2n) is 0. The summed E-state index contributed by atoms with van der Waals surface area (Å²) in [6.07, 6.45) is 0. The van der Waals surface area contributed by atoms with Crippen molar-refractivity contribution < 1.29 is 28.2 Å². The van der Waals surface area contributed by atoms with Crippen LogP contribution in [-0.4, -0.2) is 59.8 Å². The minimum atomic E-state index is 0. The molecule has 8 heavy (non-hydrogen) atoms. The Morgan fingerprint density at radius 1 is 0.500 bits per heavy atom. The van der Waals surface area contributed by atoms with Crippen molar-refractivity contribution in [3.05, 3.63) is 0 Å². The van der Waals surface area contributed by atoms with Crippen LogP contribution in [0.5, 0.6) is 0 Å². The summed E-state index contributed by atoms with van der Waals surface area (Å²) in [4.78, 5) is 0. The molecular formula is H8BaF6Si. The molecule has 0 fully saturated rings. The molecule has 0 N–H and O–H groups in total. The molecule has 0 saturated heterocycles. The van der Waals surface area contributed by atoms with Crippen molar-refractivity contribution in [2.75, 3.05) is 0 Å². The van der Waals surface area contributed by atoms with Gasteiger partial charge in [-0.05, 0) is 11.0 Å². The topological polar surface area (TPSA) is 0 Å². The van der Waals surface area contributed by atoms with Crippen LogP contribution in [0.25, 0.3) is 0 Å². The van der Waals surface area contributed by atoms with Gasteiger partial charge in [-0.15, -0.1) is 0 Å². The van der Waals surface area contributed by atoms with Crippen LogP contribution in [0.2, 0.25) is 0 Å². The summed E-state index contributed by atoms with van der Waals surface area (Å²) in [5.41, 5.74) is 0. The van der Waals surface area contributed by atoms with Gasteiger partial charge < -0.3 is 9.41 Å². The molecule has 8 heteroatoms. The van der Waals surface area contributed by atoms with Crippen LogP contribution in [0.3, 0.4) is 0 Å². The number of rotatable bonds is 0. The molecule has 0 rings (SSSR count). The average molecular weight is 287 g/mol. The fourth-order valence-electron chi connectivity index (χ4n) is 0. The van der Waals surface area contributed by atoms with Crippen LogP contribution >= 0.6 is 0 Å². The predicted octanol–water partition coefficient (Wildman–Crippen LogP) is -7.21. The van der Waals surface area contributed by atoms with Crippen molar-refractivity contribution in [2.24, 2.45) is 0 Å². The Bertz CT molecular complexity index is 8.49. The van der Waals surface area contributed by atoms with Crippen LogP contribution in [0.1, 0.15) is 0 Å². The van der Waals surface area contributed by atoms with E-state index in [0.29, 0.717) is 0 Å². The molecule has 0 saturated carbocycles. The fraction of sp³-hybridized carbons (Fsp3) is 0. The van der Waals surface area contributed by atoms with E-state index < -0.39 is 0 Å². The largest absolute Gasteiger partial charge is 2.00 e. The minimum Gasteiger partial charge on any atom is -1.00 e. The maximum atomic E-state index is 0. The molecule has 0 bridgehead atoms. The Balaban J connectivity index is 0. The third-order valence-electron chi connectivity index (χ3n) is 0. The van der Waals surface area contributed by atoms with Gasteiger partial charge in [0.2, 0.25) is 0 Å². The number of halogens is 6. The van der Waals surface area contributed by atoms with Crippen molar-refractivity contribution in [3.8, 4) is 0 Å². The summed E-state index contributed by atoms with van der Waals surface area (Å²) in [6.45, 7) is 0. The molecule has 0 nitrogen and oxygen atoms in total. The predicted molar refractivity (Wildman–Crippen MR) is 27.1 cm³/mol. The fourth-order valence-corrected chi connectivity index (χ4v) is 0. The smallest absolute Gasteiger partial charge is 1.00 e. The van der Waals surface area contributed by atoms with Crippen LogP contribution < -0.4 is 9.41 Å². The molecule has 56 valence electrons. The van der Waals surface area contributed by atoms with Crippen molar-refractivity contribution in [3.63, 3.8) is 0 Å². The summed E-state index contributed by atoms with van der Waals surface area (Å²) >= 11 is 0. The molecule has 0 aromatic rings. The zero-order valence-corrected chi connectivity index (χ0v) is 7.54. The van der Waals surface area contributed by atoms with E-state index in [-0.39, 0.29) is 88.1 Å². The molecule has 0 aromatic heterocycles. The maximum absolute atomic E-state index is 0. The van der Waals surface area contributed by atoms with E-state index in [0.717, 1.165) is 0 Å². The van der Waals surface area contributed by atoms with Gasteiger partial charge in [0.15, 0.2) is 0 Å². The molecule has 0 aromatic carbocycles. The third-order valence-corrected chi connectivity index (χ3v) is 0. The first-order valence-electron chi connectivity index (χ1n) is 0. The Labute approximate surface area is 87.1 Å². The Hall–Kier alpha value is 1.37. The molecule has 0 radical (unpaired) electrons. The summed E-state index contributed by atoms with van der Waals surface area (Å²) in [6, 6.07) is 0. The van der Waals surface area contributed by atoms with E-state index in [1.807, 2.05) is 0 Å². The molecule has 0 atom stereocenters. The van der Waals surface area contributed by atoms with Crippen LogP contribution in [-0.2, 0) is 0 Å². The Morgan fingerprint density at radius 3 is 0.500 bits per heavy atom. The first kappa shape index (κ1) is 350. The first-order valence-corrected chi connectivity index (χ1v) is 0. The molecule has 0 aliphatic carbocycles. The van der Waals surface area contributed by atoms with Crippen LogP contribution in [0.15, 0.2) is 0 Å². The SMILES string of the molecule is F.F.F.F.[Ba+2].[F-].[F-].[SiH4]. The van der Waals surface area contributed by atoms with E-state index in [1.54, 1.807) is 0 Å². The van der Waals surface area contributed by atoms with Gasteiger partial charge in [-0.1, -0.05) is 0 Å². The van der Waals surface area contributed by atoms with Crippen LogP contribution in [0.4, 0.5) is 18.8 Å². The zero-order valence-electron chi connectivity index (χ0n) is 3.10. The van der Waals surface area contributed by atoms with Gasteiger partial charge in [-0.2, -0.15) is 0 Å². The van der Waals surface area contributed by atoms with E-state index in [9.17, 15) is 0 Å². The third kappa shape index (κ3) is 160. The van der Waals surface area contributed by atoms with Gasteiger partial charge in [0.1, 0.15) is 0 Å². The van der Waals surface area contributed by atoms with Gasteiger partial charge in [0.05, 0.1) is 0 Å². The van der Waals surface area contributed by atoms with Crippen LogP contribution in [0, 0.1) is 0 Å². The Morgan fingerprint density at radius 2 is 0.500 bits per heavy atom. The normalized spacial score (nSPS) is 0. The summed E-state index contributed by atoms with van der Waals surface area (Å²) in [5, 5.41) is 0. The van der Waals surface area contributed by atoms with Gasteiger partial charge in [0.25, 0.3) is 0 Å². The standard InChI is InChI=1S/Ba.6FH.H4Si/h;6*1H;1H4/q+2;;;;;;;/p-2. The first-order chi connectivity index (χ1) is 0. The molecule has 0 heterocycles. The van der Waals surface area contributed by atoms with Crippen molar-refractivity contribution in [2.45, 2.75) is 0 Å². The van der Waals surface area contributed by atoms with Crippen molar-refractivity contribution >= 4 is 59.8 Å². The minimum absolute atomic E-state index is 0. The van der Waals surface area contributed by atoms with E-state index >= 15 is 0 Å². The Kier molecular flexibility index (Phi) is 10600. The zero-order chi connectivity index (χ0) is 0. The summed E-state index contributed by atoms with van der Waals surface area (Å²) in [5.74, 6) is 0. The summed E-state index contributed by atoms with van der Waals surface area (Å²) in [7, 11) is 0. The summed E-state index contributed by atoms with van der Waals surface area (Å²) < 4.78 is 0. The number of hydrogen-bond acceptors (Lipinski definition) is 0. The maximum Gasteiger partial charge on any atom is 2.00 e. The van der Waals surface area contributed by atoms with Crippen molar-refractivity contribution in [1.29, 1.82) is 0 Å². The molecule has 0 unspecified atom stereocenters. The van der Waals surface area contributed by atoms with E-state index in [1.165, 1.54) is 0 Å². The number of hydrogen-bond donors (Lipinski definition) is 0. The monoisotopic (exact) mass is 288 g/mol. The van der Waals surface area contributed by atoms with Crippen molar-refractivity contribution in [1.82, 2.24) is 0 Å². The molecule has 0 aliphatic heterocycles. The molecule has 0 amide bonds. The molecular weight excluding hydrogens is 279 g/mol.